The molecule has 0 aromatic carbocycles. The maximum Gasteiger partial charge on any atom is 0.225 e. The van der Waals surface area contributed by atoms with Crippen molar-refractivity contribution in [3.8, 4) is 0 Å². The van der Waals surface area contributed by atoms with Crippen molar-refractivity contribution in [2.45, 2.75) is 45.4 Å². The molecular weight excluding hydrogens is 314 g/mol. The van der Waals surface area contributed by atoms with Crippen LogP contribution in [0.15, 0.2) is 12.3 Å². The van der Waals surface area contributed by atoms with Crippen LogP contribution < -0.4 is 10.2 Å². The topological polar surface area (TPSA) is 61.4 Å². The molecule has 3 heterocycles. The lowest BCUT2D eigenvalue weighted by Gasteiger charge is -2.32. The van der Waals surface area contributed by atoms with Gasteiger partial charge in [-0.15, -0.1) is 0 Å². The molecule has 1 N–H and O–H groups in total. The third-order valence-corrected chi connectivity index (χ3v) is 5.28. The van der Waals surface area contributed by atoms with Crippen LogP contribution in [0.4, 0.5) is 5.95 Å². The van der Waals surface area contributed by atoms with E-state index < -0.39 is 0 Å². The Balaban J connectivity index is 1.45. The number of piperidine rings is 1. The first-order valence-electron chi connectivity index (χ1n) is 9.77. The lowest BCUT2D eigenvalue weighted by atomic mass is 9.97. The summed E-state index contributed by atoms with van der Waals surface area (Å²) in [6.45, 7) is 7.72. The largest absolute Gasteiger partial charge is 0.355 e. The van der Waals surface area contributed by atoms with Gasteiger partial charge < -0.3 is 15.1 Å². The monoisotopic (exact) mass is 345 g/mol. The molecule has 3 rings (SSSR count). The smallest absolute Gasteiger partial charge is 0.225 e. The molecule has 0 spiro atoms. The number of carbonyl (C=O) groups is 1. The Bertz CT molecular complexity index is 557. The summed E-state index contributed by atoms with van der Waals surface area (Å²) in [5.74, 6) is 0.983. The summed E-state index contributed by atoms with van der Waals surface area (Å²) in [7, 11) is 0. The molecule has 6 heteroatoms. The Labute approximate surface area is 151 Å². The highest BCUT2D eigenvalue weighted by Gasteiger charge is 2.27. The van der Waals surface area contributed by atoms with E-state index in [0.717, 1.165) is 50.7 Å². The van der Waals surface area contributed by atoms with E-state index >= 15 is 0 Å². The number of anilines is 1. The zero-order chi connectivity index (χ0) is 17.5. The molecule has 1 atom stereocenters. The summed E-state index contributed by atoms with van der Waals surface area (Å²) in [6, 6.07) is 1.90. The number of nitrogens with one attached hydrogen (secondary N) is 1. The van der Waals surface area contributed by atoms with Crippen LogP contribution in [0.2, 0.25) is 0 Å². The van der Waals surface area contributed by atoms with Crippen molar-refractivity contribution in [2.75, 3.05) is 44.2 Å². The van der Waals surface area contributed by atoms with Crippen molar-refractivity contribution in [3.05, 3.63) is 18.0 Å². The zero-order valence-electron chi connectivity index (χ0n) is 15.4. The first kappa shape index (κ1) is 18.1. The summed E-state index contributed by atoms with van der Waals surface area (Å²) in [6.07, 6.45) is 9.05. The molecule has 1 aromatic heterocycles. The number of likely N-dealkylation sites (tertiary alicyclic amines) is 1. The van der Waals surface area contributed by atoms with E-state index in [1.165, 1.54) is 38.8 Å². The molecule has 1 aromatic rings. The van der Waals surface area contributed by atoms with Crippen LogP contribution >= 0.6 is 0 Å². The van der Waals surface area contributed by atoms with Gasteiger partial charge in [0.05, 0.1) is 5.92 Å². The van der Waals surface area contributed by atoms with Gasteiger partial charge in [0.1, 0.15) is 0 Å². The van der Waals surface area contributed by atoms with Crippen molar-refractivity contribution in [3.63, 3.8) is 0 Å². The molecular formula is C19H31N5O. The first-order chi connectivity index (χ1) is 12.2. The molecule has 6 nitrogen and oxygen atoms in total. The minimum absolute atomic E-state index is 0.0435. The second kappa shape index (κ2) is 9.13. The van der Waals surface area contributed by atoms with E-state index in [2.05, 4.69) is 25.1 Å². The molecule has 25 heavy (non-hydrogen) atoms. The lowest BCUT2D eigenvalue weighted by Crippen LogP contribution is -2.45. The van der Waals surface area contributed by atoms with Crippen LogP contribution in [0.5, 0.6) is 0 Å². The summed E-state index contributed by atoms with van der Waals surface area (Å²) in [5.41, 5.74) is 0.967. The predicted octanol–water partition coefficient (Wildman–Crippen LogP) is 1.99. The minimum atomic E-state index is 0.0435. The Hall–Kier alpha value is -1.69. The van der Waals surface area contributed by atoms with Crippen LogP contribution in [0, 0.1) is 12.8 Å². The Morgan fingerprint density at radius 3 is 2.76 bits per heavy atom. The molecule has 2 aliphatic heterocycles. The summed E-state index contributed by atoms with van der Waals surface area (Å²) >= 11 is 0. The summed E-state index contributed by atoms with van der Waals surface area (Å²) in [4.78, 5) is 26.1. The van der Waals surface area contributed by atoms with Crippen molar-refractivity contribution in [1.82, 2.24) is 20.2 Å². The Kier molecular flexibility index (Phi) is 6.62. The van der Waals surface area contributed by atoms with E-state index in [4.69, 9.17) is 0 Å². The van der Waals surface area contributed by atoms with Gasteiger partial charge in [-0.1, -0.05) is 12.8 Å². The van der Waals surface area contributed by atoms with Gasteiger partial charge in [-0.2, -0.15) is 0 Å². The predicted molar refractivity (Wildman–Crippen MR) is 99.6 cm³/mol. The summed E-state index contributed by atoms with van der Waals surface area (Å²) < 4.78 is 0. The zero-order valence-corrected chi connectivity index (χ0v) is 15.4. The maximum atomic E-state index is 12.6. The van der Waals surface area contributed by atoms with Gasteiger partial charge in [-0.25, -0.2) is 9.97 Å². The Morgan fingerprint density at radius 2 is 2.00 bits per heavy atom. The second-order valence-corrected chi connectivity index (χ2v) is 7.33. The van der Waals surface area contributed by atoms with Crippen molar-refractivity contribution in [1.29, 1.82) is 0 Å². The number of hydrogen-bond donors (Lipinski definition) is 1. The van der Waals surface area contributed by atoms with Gasteiger partial charge in [0.2, 0.25) is 11.9 Å². The third-order valence-electron chi connectivity index (χ3n) is 5.28. The Morgan fingerprint density at radius 1 is 1.20 bits per heavy atom. The molecule has 0 radical (unpaired) electrons. The molecule has 0 unspecified atom stereocenters. The second-order valence-electron chi connectivity index (χ2n) is 7.33. The molecule has 0 aliphatic carbocycles. The third kappa shape index (κ3) is 5.39. The molecule has 2 aliphatic rings. The average molecular weight is 345 g/mol. The fourth-order valence-corrected chi connectivity index (χ4v) is 3.80. The maximum absolute atomic E-state index is 12.6. The molecule has 0 bridgehead atoms. The SMILES string of the molecule is Cc1ccnc(N2CCC[C@@H](C(=O)NCCN3CCCCCC3)C2)n1. The molecule has 0 saturated carbocycles. The highest BCUT2D eigenvalue weighted by molar-refractivity contribution is 5.79. The number of amides is 1. The van der Waals surface area contributed by atoms with Gasteiger partial charge in [0.15, 0.2) is 0 Å². The number of rotatable bonds is 5. The van der Waals surface area contributed by atoms with Crippen molar-refractivity contribution in [2.24, 2.45) is 5.92 Å². The highest BCUT2D eigenvalue weighted by Crippen LogP contribution is 2.20. The van der Waals surface area contributed by atoms with Crippen LogP contribution in [0.3, 0.4) is 0 Å². The van der Waals surface area contributed by atoms with Crippen molar-refractivity contribution >= 4 is 11.9 Å². The number of hydrogen-bond acceptors (Lipinski definition) is 5. The van der Waals surface area contributed by atoms with Gasteiger partial charge in [0, 0.05) is 38.1 Å². The number of aromatic nitrogens is 2. The minimum Gasteiger partial charge on any atom is -0.355 e. The van der Waals surface area contributed by atoms with Gasteiger partial charge in [-0.05, 0) is 51.8 Å². The number of nitrogens with zero attached hydrogens (tertiary/aromatic N) is 4. The first-order valence-corrected chi connectivity index (χ1v) is 9.77. The quantitative estimate of drug-likeness (QED) is 0.884. The standard InChI is InChI=1S/C19H31N5O/c1-16-8-9-21-19(22-16)24-13-6-7-17(15-24)18(25)20-10-14-23-11-4-2-3-5-12-23/h8-9,17H,2-7,10-15H2,1H3,(H,20,25)/t17-/m1/s1. The van der Waals surface area contributed by atoms with Crippen LogP contribution in [-0.2, 0) is 4.79 Å². The van der Waals surface area contributed by atoms with Crippen molar-refractivity contribution < 1.29 is 4.79 Å². The fraction of sp³-hybridized carbons (Fsp3) is 0.737. The van der Waals surface area contributed by atoms with Gasteiger partial charge in [0.25, 0.3) is 0 Å². The van der Waals surface area contributed by atoms with Crippen LogP contribution in [0.1, 0.15) is 44.2 Å². The van der Waals surface area contributed by atoms with Crippen LogP contribution in [0.25, 0.3) is 0 Å². The summed E-state index contributed by atoms with van der Waals surface area (Å²) in [5, 5.41) is 3.16. The fourth-order valence-electron chi connectivity index (χ4n) is 3.80. The number of carbonyl (C=O) groups excluding carboxylic acids is 1. The van der Waals surface area contributed by atoms with E-state index in [9.17, 15) is 4.79 Å². The molecule has 2 fully saturated rings. The number of aryl methyl sites for hydroxylation is 1. The highest BCUT2D eigenvalue weighted by atomic mass is 16.1. The normalized spacial score (nSPS) is 22.4. The van der Waals surface area contributed by atoms with E-state index in [1.807, 2.05) is 13.0 Å². The van der Waals surface area contributed by atoms with E-state index in [0.29, 0.717) is 0 Å². The lowest BCUT2D eigenvalue weighted by molar-refractivity contribution is -0.125. The van der Waals surface area contributed by atoms with E-state index in [1.54, 1.807) is 6.20 Å². The molecule has 1 amide bonds. The van der Waals surface area contributed by atoms with E-state index in [-0.39, 0.29) is 11.8 Å². The van der Waals surface area contributed by atoms with Gasteiger partial charge >= 0.3 is 0 Å². The molecule has 2 saturated heterocycles. The van der Waals surface area contributed by atoms with Crippen LogP contribution in [-0.4, -0.2) is 60.0 Å². The van der Waals surface area contributed by atoms with Gasteiger partial charge in [-0.3, -0.25) is 4.79 Å². The average Bonchev–Trinajstić information content (AvgIpc) is 2.91. The molecule has 138 valence electrons.